The number of carbonyl (C=O) groups is 1. The third-order valence-corrected chi connectivity index (χ3v) is 4.28. The molecule has 28 heavy (non-hydrogen) atoms. The van der Waals surface area contributed by atoms with Crippen LogP contribution in [0.3, 0.4) is 0 Å². The van der Waals surface area contributed by atoms with E-state index in [4.69, 9.17) is 4.42 Å². The highest BCUT2D eigenvalue weighted by Crippen LogP contribution is 2.20. The van der Waals surface area contributed by atoms with E-state index >= 15 is 0 Å². The van der Waals surface area contributed by atoms with Crippen LogP contribution in [-0.4, -0.2) is 43.2 Å². The van der Waals surface area contributed by atoms with Crippen LogP contribution in [0, 0.1) is 6.92 Å². The molecular weight excluding hydrogens is 356 g/mol. The minimum absolute atomic E-state index is 0.206. The van der Waals surface area contributed by atoms with Gasteiger partial charge in [-0.25, -0.2) is 4.99 Å². The van der Waals surface area contributed by atoms with Gasteiger partial charge in [0.05, 0.1) is 12.8 Å². The summed E-state index contributed by atoms with van der Waals surface area (Å²) >= 11 is 0. The molecular formula is C21H30N4O3. The summed E-state index contributed by atoms with van der Waals surface area (Å²) in [5.41, 5.74) is 0.603. The molecule has 2 aromatic rings. The molecule has 4 N–H and O–H groups in total. The Balaban J connectivity index is 1.78. The van der Waals surface area contributed by atoms with Gasteiger partial charge in [-0.15, -0.1) is 0 Å². The molecule has 1 unspecified atom stereocenters. The first-order valence-electron chi connectivity index (χ1n) is 9.56. The lowest BCUT2D eigenvalue weighted by molar-refractivity contribution is 0.0672. The van der Waals surface area contributed by atoms with Gasteiger partial charge in [-0.2, -0.15) is 0 Å². The van der Waals surface area contributed by atoms with E-state index < -0.39 is 5.60 Å². The van der Waals surface area contributed by atoms with E-state index in [1.807, 2.05) is 44.2 Å². The number of nitrogens with zero attached hydrogens (tertiary/aromatic N) is 1. The minimum Gasteiger partial charge on any atom is -0.459 e. The molecule has 152 valence electrons. The molecule has 0 aliphatic carbocycles. The lowest BCUT2D eigenvalue weighted by Gasteiger charge is -2.22. The Labute approximate surface area is 166 Å². The quantitative estimate of drug-likeness (QED) is 0.301. The number of nitrogens with one attached hydrogen (secondary N) is 3. The number of hydrogen-bond donors (Lipinski definition) is 4. The number of benzene rings is 1. The Morgan fingerprint density at radius 2 is 1.86 bits per heavy atom. The molecule has 7 heteroatoms. The number of aliphatic imine (C=N–C) groups is 1. The summed E-state index contributed by atoms with van der Waals surface area (Å²) in [6.45, 7) is 7.68. The number of carbonyl (C=O) groups excluding carboxylic acids is 1. The molecule has 0 fully saturated rings. The minimum atomic E-state index is -1.04. The van der Waals surface area contributed by atoms with Crippen molar-refractivity contribution in [3.05, 3.63) is 59.5 Å². The van der Waals surface area contributed by atoms with Crippen LogP contribution >= 0.6 is 0 Å². The zero-order valence-corrected chi connectivity index (χ0v) is 16.8. The van der Waals surface area contributed by atoms with E-state index in [1.54, 1.807) is 13.0 Å². The fourth-order valence-corrected chi connectivity index (χ4v) is 2.65. The topological polar surface area (TPSA) is 98.9 Å². The van der Waals surface area contributed by atoms with Crippen molar-refractivity contribution >= 4 is 11.9 Å². The van der Waals surface area contributed by atoms with E-state index in [0.29, 0.717) is 31.4 Å². The summed E-state index contributed by atoms with van der Waals surface area (Å²) in [7, 11) is 0. The Morgan fingerprint density at radius 3 is 2.50 bits per heavy atom. The maximum atomic E-state index is 12.0. The molecule has 0 bridgehead atoms. The van der Waals surface area contributed by atoms with E-state index in [0.717, 1.165) is 17.5 Å². The molecule has 0 aliphatic heterocycles. The molecule has 1 heterocycles. The van der Waals surface area contributed by atoms with Crippen LogP contribution in [0.2, 0.25) is 0 Å². The van der Waals surface area contributed by atoms with Crippen LogP contribution in [0.5, 0.6) is 0 Å². The summed E-state index contributed by atoms with van der Waals surface area (Å²) in [5, 5.41) is 19.9. The smallest absolute Gasteiger partial charge is 0.287 e. The van der Waals surface area contributed by atoms with Crippen molar-refractivity contribution in [1.82, 2.24) is 16.0 Å². The van der Waals surface area contributed by atoms with Gasteiger partial charge in [0.1, 0.15) is 5.60 Å². The Morgan fingerprint density at radius 1 is 1.14 bits per heavy atom. The van der Waals surface area contributed by atoms with Gasteiger partial charge in [0.2, 0.25) is 0 Å². The number of guanidine groups is 1. The van der Waals surface area contributed by atoms with Crippen molar-refractivity contribution in [3.63, 3.8) is 0 Å². The Bertz CT molecular complexity index is 769. The van der Waals surface area contributed by atoms with Crippen LogP contribution < -0.4 is 16.0 Å². The van der Waals surface area contributed by atoms with Crippen molar-refractivity contribution in [3.8, 4) is 0 Å². The van der Waals surface area contributed by atoms with Crippen LogP contribution in [0.25, 0.3) is 0 Å². The summed E-state index contributed by atoms with van der Waals surface area (Å²) < 4.78 is 5.17. The number of rotatable bonds is 9. The third-order valence-electron chi connectivity index (χ3n) is 4.28. The average molecular weight is 386 g/mol. The van der Waals surface area contributed by atoms with E-state index in [2.05, 4.69) is 20.9 Å². The van der Waals surface area contributed by atoms with Gasteiger partial charge < -0.3 is 25.5 Å². The van der Waals surface area contributed by atoms with Crippen molar-refractivity contribution < 1.29 is 14.3 Å². The number of amides is 1. The molecule has 1 aromatic carbocycles. The zero-order chi connectivity index (χ0) is 20.4. The van der Waals surface area contributed by atoms with E-state index in [9.17, 15) is 9.90 Å². The van der Waals surface area contributed by atoms with E-state index in [1.165, 1.54) is 6.26 Å². The van der Waals surface area contributed by atoms with Crippen molar-refractivity contribution in [2.75, 3.05) is 26.2 Å². The molecule has 0 spiro atoms. The maximum Gasteiger partial charge on any atom is 0.287 e. The van der Waals surface area contributed by atoms with Crippen LogP contribution in [0.15, 0.2) is 52.1 Å². The molecule has 1 atom stereocenters. The van der Waals surface area contributed by atoms with Crippen molar-refractivity contribution in [1.29, 1.82) is 0 Å². The first-order chi connectivity index (χ1) is 13.4. The standard InChI is InChI=1S/C21H30N4O3/c1-4-22-20(25-15-21(3,27)17-9-6-5-7-10-17)24-13-8-12-23-19(26)18-16(2)11-14-28-18/h5-7,9-11,14,27H,4,8,12-13,15H2,1-3H3,(H,23,26)(H2,22,24,25). The number of aryl methyl sites for hydroxylation is 1. The zero-order valence-electron chi connectivity index (χ0n) is 16.8. The first kappa shape index (κ1) is 21.5. The van der Waals surface area contributed by atoms with Crippen LogP contribution in [0.4, 0.5) is 0 Å². The highest BCUT2D eigenvalue weighted by atomic mass is 16.3. The van der Waals surface area contributed by atoms with Crippen molar-refractivity contribution in [2.45, 2.75) is 32.8 Å². The number of hydrogen-bond acceptors (Lipinski definition) is 4. The van der Waals surface area contributed by atoms with Gasteiger partial charge in [-0.3, -0.25) is 4.79 Å². The van der Waals surface area contributed by atoms with Gasteiger partial charge in [-0.05, 0) is 38.8 Å². The number of furan rings is 1. The van der Waals surface area contributed by atoms with E-state index in [-0.39, 0.29) is 12.5 Å². The fraction of sp³-hybridized carbons (Fsp3) is 0.429. The lowest BCUT2D eigenvalue weighted by Crippen LogP contribution is -2.40. The SMILES string of the molecule is CCNC(=NCC(C)(O)c1ccccc1)NCCCNC(=O)c1occc1C. The third kappa shape index (κ3) is 6.42. The highest BCUT2D eigenvalue weighted by Gasteiger charge is 2.22. The Kier molecular flexibility index (Phi) is 8.07. The molecule has 0 saturated carbocycles. The van der Waals surface area contributed by atoms with Crippen LogP contribution in [0.1, 0.15) is 41.9 Å². The summed E-state index contributed by atoms with van der Waals surface area (Å²) in [6, 6.07) is 11.3. The van der Waals surface area contributed by atoms with Crippen LogP contribution in [-0.2, 0) is 5.60 Å². The summed E-state index contributed by atoms with van der Waals surface area (Å²) in [4.78, 5) is 16.5. The highest BCUT2D eigenvalue weighted by molar-refractivity contribution is 5.92. The molecule has 2 rings (SSSR count). The largest absolute Gasteiger partial charge is 0.459 e. The first-order valence-corrected chi connectivity index (χ1v) is 9.56. The molecule has 0 saturated heterocycles. The normalized spacial score (nSPS) is 13.6. The summed E-state index contributed by atoms with van der Waals surface area (Å²) in [6.07, 6.45) is 2.24. The molecule has 1 amide bonds. The second kappa shape index (κ2) is 10.5. The predicted octanol–water partition coefficient (Wildman–Crippen LogP) is 2.17. The van der Waals surface area contributed by atoms with Gasteiger partial charge in [0, 0.05) is 25.2 Å². The molecule has 0 radical (unpaired) electrons. The second-order valence-electron chi connectivity index (χ2n) is 6.80. The Hall–Kier alpha value is -2.80. The molecule has 7 nitrogen and oxygen atoms in total. The monoisotopic (exact) mass is 386 g/mol. The second-order valence-corrected chi connectivity index (χ2v) is 6.80. The average Bonchev–Trinajstić information content (AvgIpc) is 3.12. The summed E-state index contributed by atoms with van der Waals surface area (Å²) in [5.74, 6) is 0.778. The molecule has 0 aliphatic rings. The predicted molar refractivity (Wildman–Crippen MR) is 110 cm³/mol. The number of aliphatic hydroxyl groups is 1. The molecule has 1 aromatic heterocycles. The van der Waals surface area contributed by atoms with Gasteiger partial charge in [-0.1, -0.05) is 30.3 Å². The van der Waals surface area contributed by atoms with Gasteiger partial charge in [0.15, 0.2) is 11.7 Å². The maximum absolute atomic E-state index is 12.0. The fourth-order valence-electron chi connectivity index (χ4n) is 2.65. The van der Waals surface area contributed by atoms with Crippen molar-refractivity contribution in [2.24, 2.45) is 4.99 Å². The van der Waals surface area contributed by atoms with Gasteiger partial charge >= 0.3 is 0 Å². The lowest BCUT2D eigenvalue weighted by atomic mass is 9.96. The van der Waals surface area contributed by atoms with Gasteiger partial charge in [0.25, 0.3) is 5.91 Å².